The van der Waals surface area contributed by atoms with Crippen LogP contribution in [0.3, 0.4) is 0 Å². The summed E-state index contributed by atoms with van der Waals surface area (Å²) in [7, 11) is -3.28. The van der Waals surface area contributed by atoms with Gasteiger partial charge in [-0.15, -0.1) is 0 Å². The number of hydrogen-bond acceptors (Lipinski definition) is 3. The second kappa shape index (κ2) is 4.24. The van der Waals surface area contributed by atoms with Gasteiger partial charge < -0.3 is 5.73 Å². The first kappa shape index (κ1) is 11.7. The predicted molar refractivity (Wildman–Crippen MR) is 65.2 cm³/mol. The maximum absolute atomic E-state index is 12.0. The maximum Gasteiger partial charge on any atom is 0.239 e. The van der Waals surface area contributed by atoms with E-state index < -0.39 is 15.3 Å². The van der Waals surface area contributed by atoms with E-state index in [1.54, 1.807) is 24.3 Å². The fraction of sp³-hybridized carbons (Fsp3) is 0.400. The van der Waals surface area contributed by atoms with Crippen molar-refractivity contribution in [3.63, 3.8) is 0 Å². The number of halogens is 1. The molecule has 1 heterocycles. The van der Waals surface area contributed by atoms with Crippen molar-refractivity contribution in [2.45, 2.75) is 11.7 Å². The van der Waals surface area contributed by atoms with Gasteiger partial charge in [-0.2, -0.15) is 0 Å². The second-order valence-corrected chi connectivity index (χ2v) is 6.31. The largest absolute Gasteiger partial charge is 0.329 e. The van der Waals surface area contributed by atoms with E-state index in [9.17, 15) is 8.42 Å². The molecule has 0 aromatic heterocycles. The fourth-order valence-electron chi connectivity index (χ4n) is 1.84. The molecule has 88 valence electrons. The van der Waals surface area contributed by atoms with Gasteiger partial charge in [0.25, 0.3) is 0 Å². The minimum Gasteiger partial charge on any atom is -0.329 e. The van der Waals surface area contributed by atoms with Crippen LogP contribution in [0.2, 0.25) is 5.02 Å². The van der Waals surface area contributed by atoms with Crippen LogP contribution in [-0.2, 0) is 10.0 Å². The molecule has 1 aromatic rings. The number of rotatable bonds is 2. The highest BCUT2D eigenvalue weighted by Gasteiger charge is 2.37. The molecule has 2 rings (SSSR count). The minimum atomic E-state index is -3.28. The van der Waals surface area contributed by atoms with Crippen molar-refractivity contribution in [1.29, 1.82) is 0 Å². The highest BCUT2D eigenvalue weighted by atomic mass is 35.5. The molecular weight excluding hydrogens is 248 g/mol. The van der Waals surface area contributed by atoms with E-state index in [1.807, 2.05) is 0 Å². The Bertz CT molecular complexity index is 472. The van der Waals surface area contributed by atoms with Crippen LogP contribution in [0, 0.1) is 0 Å². The van der Waals surface area contributed by atoms with Crippen molar-refractivity contribution in [3.8, 4) is 0 Å². The zero-order valence-electron chi connectivity index (χ0n) is 8.64. The Morgan fingerprint density at radius 3 is 2.50 bits per heavy atom. The lowest BCUT2D eigenvalue weighted by Gasteiger charge is -2.18. The van der Waals surface area contributed by atoms with Crippen LogP contribution in [0.4, 0.5) is 5.69 Å². The van der Waals surface area contributed by atoms with Crippen LogP contribution in [0.15, 0.2) is 24.3 Å². The lowest BCUT2D eigenvalue weighted by molar-refractivity contribution is 0.588. The van der Waals surface area contributed by atoms with Gasteiger partial charge in [0, 0.05) is 18.1 Å². The average Bonchev–Trinajstić information content (AvgIpc) is 2.54. The molecule has 1 saturated heterocycles. The summed E-state index contributed by atoms with van der Waals surface area (Å²) in [6.45, 7) is 0.665. The third kappa shape index (κ3) is 1.90. The number of nitrogens with two attached hydrogens (primary N) is 1. The van der Waals surface area contributed by atoms with Crippen LogP contribution in [0.25, 0.3) is 0 Å². The molecule has 0 aliphatic carbocycles. The first-order valence-electron chi connectivity index (χ1n) is 5.03. The number of sulfonamides is 1. The van der Waals surface area contributed by atoms with E-state index in [4.69, 9.17) is 17.3 Å². The molecule has 1 aliphatic heterocycles. The summed E-state index contributed by atoms with van der Waals surface area (Å²) in [5, 5.41) is 0.138. The number of hydrogen-bond donors (Lipinski definition) is 1. The molecule has 0 bridgehead atoms. The Morgan fingerprint density at radius 1 is 1.38 bits per heavy atom. The molecule has 0 radical (unpaired) electrons. The topological polar surface area (TPSA) is 63.4 Å². The van der Waals surface area contributed by atoms with E-state index in [-0.39, 0.29) is 6.54 Å². The highest BCUT2D eigenvalue weighted by Crippen LogP contribution is 2.28. The van der Waals surface area contributed by atoms with E-state index >= 15 is 0 Å². The molecule has 0 amide bonds. The van der Waals surface area contributed by atoms with Gasteiger partial charge in [-0.3, -0.25) is 4.31 Å². The van der Waals surface area contributed by atoms with Gasteiger partial charge in [0.05, 0.1) is 10.9 Å². The fourth-order valence-corrected chi connectivity index (χ4v) is 3.75. The van der Waals surface area contributed by atoms with E-state index in [0.29, 0.717) is 23.7 Å². The van der Waals surface area contributed by atoms with Crippen LogP contribution >= 0.6 is 11.6 Å². The molecule has 1 aromatic carbocycles. The molecule has 1 atom stereocenters. The summed E-state index contributed by atoms with van der Waals surface area (Å²) >= 11 is 5.76. The van der Waals surface area contributed by atoms with Crippen LogP contribution in [0.1, 0.15) is 6.42 Å². The molecule has 0 spiro atoms. The van der Waals surface area contributed by atoms with Crippen LogP contribution in [-0.4, -0.2) is 26.8 Å². The van der Waals surface area contributed by atoms with Gasteiger partial charge in [0.15, 0.2) is 0 Å². The van der Waals surface area contributed by atoms with Crippen molar-refractivity contribution < 1.29 is 8.42 Å². The van der Waals surface area contributed by atoms with Gasteiger partial charge in [-0.1, -0.05) is 11.6 Å². The summed E-state index contributed by atoms with van der Waals surface area (Å²) in [4.78, 5) is 0. The monoisotopic (exact) mass is 260 g/mol. The first-order valence-corrected chi connectivity index (χ1v) is 6.91. The maximum atomic E-state index is 12.0. The smallest absolute Gasteiger partial charge is 0.239 e. The normalized spacial score (nSPS) is 23.6. The van der Waals surface area contributed by atoms with Crippen LogP contribution < -0.4 is 10.0 Å². The van der Waals surface area contributed by atoms with E-state index in [2.05, 4.69) is 0 Å². The summed E-state index contributed by atoms with van der Waals surface area (Å²) < 4.78 is 25.4. The highest BCUT2D eigenvalue weighted by molar-refractivity contribution is 7.93. The molecule has 1 fully saturated rings. The Morgan fingerprint density at radius 2 is 2.00 bits per heavy atom. The summed E-state index contributed by atoms with van der Waals surface area (Å²) in [6.07, 6.45) is 0.585. The molecule has 16 heavy (non-hydrogen) atoms. The number of benzene rings is 1. The van der Waals surface area contributed by atoms with Gasteiger partial charge in [0.2, 0.25) is 10.0 Å². The standard InChI is InChI=1S/C10H13ClN2O2S/c11-8-1-3-9(4-2-8)13-6-5-10(7-12)16(13,14)15/h1-4,10H,5-7,12H2/t10-/m1/s1. The molecular formula is C10H13ClN2O2S. The van der Waals surface area contributed by atoms with Gasteiger partial charge >= 0.3 is 0 Å². The Hall–Kier alpha value is -0.780. The molecule has 0 unspecified atom stereocenters. The zero-order chi connectivity index (χ0) is 11.8. The Labute approximate surface area is 100 Å². The third-order valence-corrected chi connectivity index (χ3v) is 5.29. The minimum absolute atomic E-state index is 0.173. The van der Waals surface area contributed by atoms with Crippen molar-refractivity contribution in [3.05, 3.63) is 29.3 Å². The predicted octanol–water partition coefficient (Wildman–Crippen LogP) is 1.21. The van der Waals surface area contributed by atoms with E-state index in [0.717, 1.165) is 0 Å². The summed E-state index contributed by atoms with van der Waals surface area (Å²) in [5.41, 5.74) is 6.10. The van der Waals surface area contributed by atoms with Crippen molar-refractivity contribution in [2.75, 3.05) is 17.4 Å². The second-order valence-electron chi connectivity index (χ2n) is 3.74. The number of nitrogens with zero attached hydrogens (tertiary/aromatic N) is 1. The molecule has 2 N–H and O–H groups in total. The molecule has 0 saturated carbocycles. The summed E-state index contributed by atoms with van der Waals surface area (Å²) in [6, 6.07) is 6.78. The molecule has 1 aliphatic rings. The Kier molecular flexibility index (Phi) is 3.10. The summed E-state index contributed by atoms with van der Waals surface area (Å²) in [5.74, 6) is 0. The SMILES string of the molecule is NC[C@H]1CCN(c2ccc(Cl)cc2)S1(=O)=O. The Balaban J connectivity index is 2.33. The molecule has 4 nitrogen and oxygen atoms in total. The van der Waals surface area contributed by atoms with Crippen molar-refractivity contribution in [2.24, 2.45) is 5.73 Å². The van der Waals surface area contributed by atoms with Crippen molar-refractivity contribution in [1.82, 2.24) is 0 Å². The van der Waals surface area contributed by atoms with E-state index in [1.165, 1.54) is 4.31 Å². The lowest BCUT2D eigenvalue weighted by atomic mass is 10.3. The number of anilines is 1. The van der Waals surface area contributed by atoms with Crippen LogP contribution in [0.5, 0.6) is 0 Å². The zero-order valence-corrected chi connectivity index (χ0v) is 10.2. The van der Waals surface area contributed by atoms with Gasteiger partial charge in [0.1, 0.15) is 0 Å². The molecule has 6 heteroatoms. The first-order chi connectivity index (χ1) is 7.55. The van der Waals surface area contributed by atoms with Crippen molar-refractivity contribution >= 4 is 27.3 Å². The van der Waals surface area contributed by atoms with Gasteiger partial charge in [-0.05, 0) is 30.7 Å². The third-order valence-electron chi connectivity index (χ3n) is 2.76. The van der Waals surface area contributed by atoms with Gasteiger partial charge in [-0.25, -0.2) is 8.42 Å². The average molecular weight is 261 g/mol. The lowest BCUT2D eigenvalue weighted by Crippen LogP contribution is -2.33. The quantitative estimate of drug-likeness (QED) is 0.869.